The molecule has 1 aromatic carbocycles. The number of nitrogens with zero attached hydrogens (tertiary/aromatic N) is 2. The number of nitrogens with one attached hydrogen (secondary N) is 1. The number of anilines is 1. The number of aromatic nitrogens is 1. The van der Waals surface area contributed by atoms with Crippen LogP contribution in [0.5, 0.6) is 0 Å². The maximum atomic E-state index is 13.5. The molecule has 0 saturated carbocycles. The standard InChI is InChI=1S/C25H26N4O6S2.Na/c1-11-5-12(2)16(13(3)6-11)7-17(18-10-37-25(26)27-18)21(31)28-19-22(32)29-20(24(33)34)15(8-35-14(4)30)9-36-23(19)29;/h5-7,10,19,23H,8-9H2,1-4H3,(H2,26,27)(H,28,31)(H,33,34);/q;+1/p-1/b17-7-;/t19?,23-;/m1./s1. The van der Waals surface area contributed by atoms with Crippen LogP contribution in [0.3, 0.4) is 0 Å². The quantitative estimate of drug-likeness (QED) is 0.171. The summed E-state index contributed by atoms with van der Waals surface area (Å²) in [4.78, 5) is 54.9. The summed E-state index contributed by atoms with van der Waals surface area (Å²) in [5, 5.41) is 15.9. The number of rotatable bonds is 7. The average molecular weight is 565 g/mol. The van der Waals surface area contributed by atoms with Gasteiger partial charge in [0.2, 0.25) is 0 Å². The van der Waals surface area contributed by atoms with Gasteiger partial charge in [-0.15, -0.1) is 23.1 Å². The van der Waals surface area contributed by atoms with Crippen LogP contribution in [-0.4, -0.2) is 57.4 Å². The third kappa shape index (κ3) is 5.99. The van der Waals surface area contributed by atoms with Gasteiger partial charge >= 0.3 is 35.5 Å². The Morgan fingerprint density at radius 3 is 2.47 bits per heavy atom. The fourth-order valence-corrected chi connectivity index (χ4v) is 6.31. The van der Waals surface area contributed by atoms with Crippen LogP contribution in [0.4, 0.5) is 5.13 Å². The molecule has 0 bridgehead atoms. The minimum Gasteiger partial charge on any atom is -0.543 e. The zero-order valence-corrected chi connectivity index (χ0v) is 25.2. The smallest absolute Gasteiger partial charge is 0.543 e. The minimum atomic E-state index is -1.55. The molecule has 2 atom stereocenters. The SMILES string of the molecule is CC(=O)OCC1=C(C(=O)[O-])N2C(=O)C(NC(=O)/C(=C\c3c(C)cc(C)cc3C)c3csc(N)n3)[C@H]2SC1.[Na+]. The summed E-state index contributed by atoms with van der Waals surface area (Å²) < 4.78 is 4.93. The van der Waals surface area contributed by atoms with E-state index in [-0.39, 0.29) is 58.8 Å². The van der Waals surface area contributed by atoms with E-state index < -0.39 is 35.2 Å². The fourth-order valence-electron chi connectivity index (χ4n) is 4.42. The molecule has 2 aliphatic heterocycles. The predicted molar refractivity (Wildman–Crippen MR) is 139 cm³/mol. The number of nitrogen functional groups attached to an aromatic ring is 1. The van der Waals surface area contributed by atoms with E-state index in [0.717, 1.165) is 27.2 Å². The largest absolute Gasteiger partial charge is 1.00 e. The number of fused-ring (bicyclic) bond motifs is 1. The number of benzene rings is 1. The summed E-state index contributed by atoms with van der Waals surface area (Å²) in [7, 11) is 0. The van der Waals surface area contributed by atoms with Gasteiger partial charge in [0.15, 0.2) is 5.13 Å². The molecule has 1 unspecified atom stereocenters. The van der Waals surface area contributed by atoms with Gasteiger partial charge < -0.3 is 25.7 Å². The number of hydrogen-bond acceptors (Lipinski definition) is 10. The number of carboxylic acid groups (broad SMARTS) is 1. The molecule has 10 nitrogen and oxygen atoms in total. The maximum absolute atomic E-state index is 13.5. The molecule has 13 heteroatoms. The summed E-state index contributed by atoms with van der Waals surface area (Å²) >= 11 is 2.46. The van der Waals surface area contributed by atoms with Crippen LogP contribution < -0.4 is 45.7 Å². The second kappa shape index (κ2) is 12.0. The third-order valence-corrected chi connectivity index (χ3v) is 8.06. The summed E-state index contributed by atoms with van der Waals surface area (Å²) in [6, 6.07) is 3.07. The van der Waals surface area contributed by atoms with Crippen molar-refractivity contribution in [3.63, 3.8) is 0 Å². The Balaban J connectivity index is 0.00000400. The van der Waals surface area contributed by atoms with E-state index in [4.69, 9.17) is 10.5 Å². The molecule has 4 rings (SSSR count). The Morgan fingerprint density at radius 1 is 1.26 bits per heavy atom. The molecule has 0 radical (unpaired) electrons. The van der Waals surface area contributed by atoms with Crippen molar-refractivity contribution in [3.8, 4) is 0 Å². The number of carbonyl (C=O) groups excluding carboxylic acids is 4. The molecule has 3 N–H and O–H groups in total. The van der Waals surface area contributed by atoms with E-state index in [9.17, 15) is 24.3 Å². The molecule has 38 heavy (non-hydrogen) atoms. The number of aryl methyl sites for hydroxylation is 3. The normalized spacial score (nSPS) is 18.8. The van der Waals surface area contributed by atoms with E-state index in [1.165, 1.54) is 30.0 Å². The number of esters is 1. The van der Waals surface area contributed by atoms with Crippen molar-refractivity contribution in [3.05, 3.63) is 56.7 Å². The number of β-lactam (4-membered cyclic amide) rings is 1. The van der Waals surface area contributed by atoms with Crippen molar-refractivity contribution in [2.75, 3.05) is 18.1 Å². The van der Waals surface area contributed by atoms with Gasteiger partial charge in [-0.25, -0.2) is 4.98 Å². The topological polar surface area (TPSA) is 155 Å². The number of thiazole rings is 1. The summed E-state index contributed by atoms with van der Waals surface area (Å²) in [5.41, 5.74) is 10.3. The van der Waals surface area contributed by atoms with Crippen LogP contribution in [0.15, 0.2) is 28.8 Å². The summed E-state index contributed by atoms with van der Waals surface area (Å²) in [6.45, 7) is 6.84. The Morgan fingerprint density at radius 2 is 1.92 bits per heavy atom. The molecular formula is C25H25N4NaO6S2. The molecule has 194 valence electrons. The van der Waals surface area contributed by atoms with Gasteiger partial charge in [-0.05, 0) is 43.5 Å². The van der Waals surface area contributed by atoms with Crippen molar-refractivity contribution in [2.24, 2.45) is 0 Å². The van der Waals surface area contributed by atoms with Crippen molar-refractivity contribution >= 4 is 63.6 Å². The monoisotopic (exact) mass is 564 g/mol. The van der Waals surface area contributed by atoms with E-state index in [2.05, 4.69) is 10.3 Å². The second-order valence-corrected chi connectivity index (χ2v) is 10.8. The number of thioether (sulfide) groups is 1. The fraction of sp³-hybridized carbons (Fsp3) is 0.320. The molecule has 2 amide bonds. The van der Waals surface area contributed by atoms with Crippen LogP contribution in [0.1, 0.15) is 34.9 Å². The van der Waals surface area contributed by atoms with Gasteiger partial charge in [-0.2, -0.15) is 0 Å². The first-order chi connectivity index (χ1) is 17.5. The van der Waals surface area contributed by atoms with E-state index >= 15 is 0 Å². The van der Waals surface area contributed by atoms with Crippen LogP contribution >= 0.6 is 23.1 Å². The Bertz CT molecular complexity index is 1360. The zero-order chi connectivity index (χ0) is 27.0. The first kappa shape index (κ1) is 29.9. The van der Waals surface area contributed by atoms with Gasteiger partial charge in [-0.3, -0.25) is 19.3 Å². The molecule has 3 heterocycles. The van der Waals surface area contributed by atoms with Crippen molar-refractivity contribution in [1.82, 2.24) is 15.2 Å². The molecular weight excluding hydrogens is 539 g/mol. The Labute approximate surface area is 250 Å². The van der Waals surface area contributed by atoms with Gasteiger partial charge in [0.1, 0.15) is 18.0 Å². The van der Waals surface area contributed by atoms with Crippen molar-refractivity contribution < 1.29 is 58.6 Å². The number of amides is 2. The molecule has 0 spiro atoms. The van der Waals surface area contributed by atoms with Crippen LogP contribution in [-0.2, 0) is 23.9 Å². The number of carbonyl (C=O) groups is 4. The first-order valence-electron chi connectivity index (χ1n) is 11.3. The number of carboxylic acids is 1. The van der Waals surface area contributed by atoms with Crippen LogP contribution in [0.25, 0.3) is 11.6 Å². The predicted octanol–water partition coefficient (Wildman–Crippen LogP) is -1.84. The van der Waals surface area contributed by atoms with E-state index in [1.54, 1.807) is 11.5 Å². The molecule has 0 aliphatic carbocycles. The average Bonchev–Trinajstić information content (AvgIpc) is 3.25. The molecule has 1 fully saturated rings. The Kier molecular flexibility index (Phi) is 9.48. The number of nitrogens with two attached hydrogens (primary N) is 1. The third-order valence-electron chi connectivity index (χ3n) is 6.05. The van der Waals surface area contributed by atoms with Crippen molar-refractivity contribution in [2.45, 2.75) is 39.1 Å². The van der Waals surface area contributed by atoms with Crippen LogP contribution in [0.2, 0.25) is 0 Å². The molecule has 2 aromatic rings. The van der Waals surface area contributed by atoms with Gasteiger partial charge in [0.25, 0.3) is 11.8 Å². The summed E-state index contributed by atoms with van der Waals surface area (Å²) in [6.07, 6.45) is 1.73. The second-order valence-electron chi connectivity index (χ2n) is 8.82. The summed E-state index contributed by atoms with van der Waals surface area (Å²) in [5.74, 6) is -3.05. The molecule has 1 saturated heterocycles. The minimum absolute atomic E-state index is 0. The number of hydrogen-bond donors (Lipinski definition) is 2. The van der Waals surface area contributed by atoms with E-state index in [0.29, 0.717) is 10.8 Å². The number of ether oxygens (including phenoxy) is 1. The van der Waals surface area contributed by atoms with Crippen LogP contribution in [0, 0.1) is 20.8 Å². The number of aliphatic carboxylic acids is 1. The van der Waals surface area contributed by atoms with Gasteiger partial charge in [-0.1, -0.05) is 17.7 Å². The maximum Gasteiger partial charge on any atom is 1.00 e. The zero-order valence-electron chi connectivity index (χ0n) is 21.6. The Hall–Kier alpha value is -2.64. The van der Waals surface area contributed by atoms with E-state index in [1.807, 2.05) is 32.9 Å². The molecule has 2 aliphatic rings. The first-order valence-corrected chi connectivity index (χ1v) is 13.2. The van der Waals surface area contributed by atoms with Crippen molar-refractivity contribution in [1.29, 1.82) is 0 Å². The molecule has 1 aromatic heterocycles. The van der Waals surface area contributed by atoms with Gasteiger partial charge in [0, 0.05) is 23.6 Å². The van der Waals surface area contributed by atoms with Gasteiger partial charge in [0.05, 0.1) is 22.9 Å².